The minimum absolute atomic E-state index is 0.558. The Balaban J connectivity index is 2.22. The van der Waals surface area contributed by atoms with Crippen molar-refractivity contribution in [3.05, 3.63) is 0 Å². The van der Waals surface area contributed by atoms with Gasteiger partial charge in [-0.3, -0.25) is 4.90 Å². The summed E-state index contributed by atoms with van der Waals surface area (Å²) >= 11 is 3.57. The van der Waals surface area contributed by atoms with Gasteiger partial charge in [0.05, 0.1) is 6.10 Å². The Morgan fingerprint density at radius 1 is 1.29 bits per heavy atom. The average Bonchev–Trinajstić information content (AvgIpc) is 2.83. The summed E-state index contributed by atoms with van der Waals surface area (Å²) in [5.74, 6) is 0. The largest absolute Gasteiger partial charge is 0.378 e. The summed E-state index contributed by atoms with van der Waals surface area (Å²) in [7, 11) is 0. The Morgan fingerprint density at radius 3 is 2.59 bits per heavy atom. The standard InChI is InChI=1S/C14H28BrNO/c1-3-13(4-2)16(11-9-15)10-5-7-14-8-6-12-17-14/h13-14H,3-12H2,1-2H3. The van der Waals surface area contributed by atoms with Crippen molar-refractivity contribution in [2.24, 2.45) is 0 Å². The molecule has 0 aromatic carbocycles. The Morgan fingerprint density at radius 2 is 2.06 bits per heavy atom. The van der Waals surface area contributed by atoms with Crippen LogP contribution in [-0.2, 0) is 4.74 Å². The van der Waals surface area contributed by atoms with E-state index in [2.05, 4.69) is 34.7 Å². The van der Waals surface area contributed by atoms with Gasteiger partial charge in [0.25, 0.3) is 0 Å². The average molecular weight is 306 g/mol. The van der Waals surface area contributed by atoms with Crippen LogP contribution >= 0.6 is 15.9 Å². The molecule has 1 saturated heterocycles. The van der Waals surface area contributed by atoms with Crippen LogP contribution in [0.4, 0.5) is 0 Å². The number of ether oxygens (including phenoxy) is 1. The molecule has 3 heteroatoms. The fraction of sp³-hybridized carbons (Fsp3) is 1.00. The van der Waals surface area contributed by atoms with E-state index in [1.54, 1.807) is 0 Å². The second kappa shape index (κ2) is 9.35. The van der Waals surface area contributed by atoms with Crippen molar-refractivity contribution in [3.8, 4) is 0 Å². The first-order valence-electron chi connectivity index (χ1n) is 7.23. The van der Waals surface area contributed by atoms with Gasteiger partial charge < -0.3 is 4.74 Å². The Hall–Kier alpha value is 0.400. The Labute approximate surface area is 115 Å². The number of rotatable bonds is 9. The molecule has 0 saturated carbocycles. The molecule has 0 N–H and O–H groups in total. The van der Waals surface area contributed by atoms with Gasteiger partial charge in [-0.25, -0.2) is 0 Å². The monoisotopic (exact) mass is 305 g/mol. The summed E-state index contributed by atoms with van der Waals surface area (Å²) in [6.45, 7) is 8.00. The Kier molecular flexibility index (Phi) is 8.50. The molecule has 1 heterocycles. The molecule has 1 aliphatic rings. The van der Waals surface area contributed by atoms with Gasteiger partial charge in [0.15, 0.2) is 0 Å². The van der Waals surface area contributed by atoms with Crippen LogP contribution in [0.1, 0.15) is 52.4 Å². The maximum atomic E-state index is 5.68. The number of halogens is 1. The molecular weight excluding hydrogens is 278 g/mol. The lowest BCUT2D eigenvalue weighted by Crippen LogP contribution is -2.37. The number of nitrogens with zero attached hydrogens (tertiary/aromatic N) is 1. The molecule has 1 rings (SSSR count). The molecular formula is C14H28BrNO. The molecule has 0 aromatic heterocycles. The van der Waals surface area contributed by atoms with E-state index in [4.69, 9.17) is 4.74 Å². The lowest BCUT2D eigenvalue weighted by atomic mass is 10.1. The first kappa shape index (κ1) is 15.5. The van der Waals surface area contributed by atoms with Crippen LogP contribution in [0.3, 0.4) is 0 Å². The maximum Gasteiger partial charge on any atom is 0.0576 e. The van der Waals surface area contributed by atoms with Crippen molar-refractivity contribution in [2.75, 3.05) is 25.0 Å². The molecule has 0 radical (unpaired) electrons. The molecule has 102 valence electrons. The lowest BCUT2D eigenvalue weighted by molar-refractivity contribution is 0.0958. The summed E-state index contributed by atoms with van der Waals surface area (Å²) in [6, 6.07) is 0.761. The molecule has 0 aliphatic carbocycles. The number of hydrogen-bond acceptors (Lipinski definition) is 2. The van der Waals surface area contributed by atoms with Gasteiger partial charge in [-0.2, -0.15) is 0 Å². The zero-order valence-corrected chi connectivity index (χ0v) is 13.0. The van der Waals surface area contributed by atoms with Crippen LogP contribution < -0.4 is 0 Å². The molecule has 0 amide bonds. The van der Waals surface area contributed by atoms with Crippen molar-refractivity contribution in [2.45, 2.75) is 64.5 Å². The molecule has 0 aromatic rings. The van der Waals surface area contributed by atoms with E-state index < -0.39 is 0 Å². The fourth-order valence-corrected chi connectivity index (χ4v) is 3.24. The van der Waals surface area contributed by atoms with Crippen LogP contribution in [-0.4, -0.2) is 42.1 Å². The van der Waals surface area contributed by atoms with Gasteiger partial charge >= 0.3 is 0 Å². The van der Waals surface area contributed by atoms with E-state index in [-0.39, 0.29) is 0 Å². The second-order valence-corrected chi connectivity index (χ2v) is 5.77. The van der Waals surface area contributed by atoms with Crippen molar-refractivity contribution in [1.29, 1.82) is 0 Å². The highest BCUT2D eigenvalue weighted by Crippen LogP contribution is 2.18. The molecule has 1 fully saturated rings. The van der Waals surface area contributed by atoms with Gasteiger partial charge in [0.1, 0.15) is 0 Å². The van der Waals surface area contributed by atoms with Gasteiger partial charge in [-0.15, -0.1) is 0 Å². The number of hydrogen-bond donors (Lipinski definition) is 0. The van der Waals surface area contributed by atoms with Crippen LogP contribution in [0.15, 0.2) is 0 Å². The zero-order valence-electron chi connectivity index (χ0n) is 11.5. The highest BCUT2D eigenvalue weighted by Gasteiger charge is 2.17. The van der Waals surface area contributed by atoms with Crippen molar-refractivity contribution >= 4 is 15.9 Å². The van der Waals surface area contributed by atoms with E-state index in [1.165, 1.54) is 51.6 Å². The van der Waals surface area contributed by atoms with Gasteiger partial charge in [0.2, 0.25) is 0 Å². The molecule has 0 bridgehead atoms. The molecule has 2 nitrogen and oxygen atoms in total. The van der Waals surface area contributed by atoms with Crippen molar-refractivity contribution < 1.29 is 4.74 Å². The molecule has 1 unspecified atom stereocenters. The minimum Gasteiger partial charge on any atom is -0.378 e. The van der Waals surface area contributed by atoms with Gasteiger partial charge in [-0.05, 0) is 45.1 Å². The first-order chi connectivity index (χ1) is 8.31. The van der Waals surface area contributed by atoms with Crippen molar-refractivity contribution in [3.63, 3.8) is 0 Å². The van der Waals surface area contributed by atoms with E-state index in [1.807, 2.05) is 0 Å². The van der Waals surface area contributed by atoms with Gasteiger partial charge in [-0.1, -0.05) is 29.8 Å². The predicted molar refractivity (Wildman–Crippen MR) is 77.9 cm³/mol. The molecule has 0 spiro atoms. The third-order valence-corrected chi connectivity index (χ3v) is 4.18. The summed E-state index contributed by atoms with van der Waals surface area (Å²) in [4.78, 5) is 2.64. The fourth-order valence-electron chi connectivity index (χ4n) is 2.78. The van der Waals surface area contributed by atoms with Crippen LogP contribution in [0.5, 0.6) is 0 Å². The SMILES string of the molecule is CCC(CC)N(CCBr)CCCC1CCCO1. The summed E-state index contributed by atoms with van der Waals surface area (Å²) in [6.07, 6.45) is 8.17. The lowest BCUT2D eigenvalue weighted by Gasteiger charge is -2.30. The third kappa shape index (κ3) is 5.71. The van der Waals surface area contributed by atoms with E-state index in [9.17, 15) is 0 Å². The second-order valence-electron chi connectivity index (χ2n) is 4.97. The summed E-state index contributed by atoms with van der Waals surface area (Å²) in [5, 5.41) is 1.09. The van der Waals surface area contributed by atoms with Crippen molar-refractivity contribution in [1.82, 2.24) is 4.90 Å². The highest BCUT2D eigenvalue weighted by atomic mass is 79.9. The minimum atomic E-state index is 0.558. The maximum absolute atomic E-state index is 5.68. The normalized spacial score (nSPS) is 20.6. The molecule has 1 aliphatic heterocycles. The van der Waals surface area contributed by atoms with Crippen LogP contribution in [0, 0.1) is 0 Å². The van der Waals surface area contributed by atoms with E-state index >= 15 is 0 Å². The highest BCUT2D eigenvalue weighted by molar-refractivity contribution is 9.09. The first-order valence-corrected chi connectivity index (χ1v) is 8.35. The summed E-state index contributed by atoms with van der Waals surface area (Å²) < 4.78 is 5.68. The van der Waals surface area contributed by atoms with E-state index in [0.717, 1.165) is 18.0 Å². The Bertz CT molecular complexity index is 179. The van der Waals surface area contributed by atoms with Crippen LogP contribution in [0.25, 0.3) is 0 Å². The topological polar surface area (TPSA) is 12.5 Å². The zero-order chi connectivity index (χ0) is 12.5. The summed E-state index contributed by atoms with van der Waals surface area (Å²) in [5.41, 5.74) is 0. The molecule has 1 atom stereocenters. The smallest absolute Gasteiger partial charge is 0.0576 e. The third-order valence-electron chi connectivity index (χ3n) is 3.83. The quantitative estimate of drug-likeness (QED) is 0.600. The van der Waals surface area contributed by atoms with Crippen LogP contribution in [0.2, 0.25) is 0 Å². The van der Waals surface area contributed by atoms with Gasteiger partial charge in [0, 0.05) is 24.5 Å². The molecule has 17 heavy (non-hydrogen) atoms. The van der Waals surface area contributed by atoms with E-state index in [0.29, 0.717) is 6.10 Å². The number of alkyl halides is 1. The predicted octanol–water partition coefficient (Wildman–Crippen LogP) is 3.83.